The van der Waals surface area contributed by atoms with Gasteiger partial charge in [-0.2, -0.15) is 0 Å². The third-order valence-corrected chi connectivity index (χ3v) is 3.49. The quantitative estimate of drug-likeness (QED) is 0.803. The molecule has 1 aromatic heterocycles. The minimum absolute atomic E-state index is 0.676. The molecule has 0 aliphatic heterocycles. The van der Waals surface area contributed by atoms with Crippen LogP contribution >= 0.6 is 0 Å². The van der Waals surface area contributed by atoms with E-state index in [9.17, 15) is 0 Å². The summed E-state index contributed by atoms with van der Waals surface area (Å²) < 4.78 is 0. The summed E-state index contributed by atoms with van der Waals surface area (Å²) in [5, 5.41) is 3.47. The Labute approximate surface area is 110 Å². The van der Waals surface area contributed by atoms with Crippen LogP contribution in [0.5, 0.6) is 0 Å². The number of nitrogens with zero attached hydrogens (tertiary/aromatic N) is 3. The van der Waals surface area contributed by atoms with E-state index in [0.29, 0.717) is 5.92 Å². The lowest BCUT2D eigenvalue weighted by Gasteiger charge is -2.20. The molecule has 0 saturated heterocycles. The van der Waals surface area contributed by atoms with E-state index in [0.717, 1.165) is 25.1 Å². The van der Waals surface area contributed by atoms with Crippen LogP contribution in [0.25, 0.3) is 0 Å². The molecule has 1 aliphatic rings. The van der Waals surface area contributed by atoms with Crippen LogP contribution in [0.1, 0.15) is 38.7 Å². The summed E-state index contributed by atoms with van der Waals surface area (Å²) in [4.78, 5) is 11.0. The molecule has 100 valence electrons. The highest BCUT2D eigenvalue weighted by atomic mass is 15.2. The van der Waals surface area contributed by atoms with Gasteiger partial charge in [0.05, 0.1) is 0 Å². The molecule has 1 saturated carbocycles. The maximum absolute atomic E-state index is 4.44. The van der Waals surface area contributed by atoms with Gasteiger partial charge < -0.3 is 10.2 Å². The van der Waals surface area contributed by atoms with E-state index in [-0.39, 0.29) is 0 Å². The van der Waals surface area contributed by atoms with Crippen molar-refractivity contribution in [1.29, 1.82) is 0 Å². The van der Waals surface area contributed by atoms with E-state index in [2.05, 4.69) is 41.1 Å². The van der Waals surface area contributed by atoms with Crippen molar-refractivity contribution in [2.75, 3.05) is 18.5 Å². The molecule has 0 radical (unpaired) electrons. The molecule has 4 heteroatoms. The SMILES string of the molecule is CCC(C)CN(C)c1ncc(CNC2CC2)cn1. The van der Waals surface area contributed by atoms with Gasteiger partial charge in [-0.25, -0.2) is 9.97 Å². The van der Waals surface area contributed by atoms with Gasteiger partial charge in [0.25, 0.3) is 0 Å². The standard InChI is InChI=1S/C14H24N4/c1-4-11(2)10-18(3)14-16-8-12(9-17-14)7-15-13-5-6-13/h8-9,11,13,15H,4-7,10H2,1-3H3. The van der Waals surface area contributed by atoms with Gasteiger partial charge in [-0.05, 0) is 18.8 Å². The van der Waals surface area contributed by atoms with Gasteiger partial charge in [-0.3, -0.25) is 0 Å². The van der Waals surface area contributed by atoms with E-state index < -0.39 is 0 Å². The van der Waals surface area contributed by atoms with Crippen molar-refractivity contribution < 1.29 is 0 Å². The number of nitrogens with one attached hydrogen (secondary N) is 1. The van der Waals surface area contributed by atoms with E-state index in [4.69, 9.17) is 0 Å². The Balaban J connectivity index is 1.85. The molecule has 0 spiro atoms. The lowest BCUT2D eigenvalue weighted by atomic mass is 10.1. The van der Waals surface area contributed by atoms with Crippen molar-refractivity contribution in [3.8, 4) is 0 Å². The van der Waals surface area contributed by atoms with Crippen molar-refractivity contribution >= 4 is 5.95 Å². The summed E-state index contributed by atoms with van der Waals surface area (Å²) in [6.45, 7) is 6.37. The van der Waals surface area contributed by atoms with Crippen LogP contribution in [0.4, 0.5) is 5.95 Å². The molecule has 1 fully saturated rings. The van der Waals surface area contributed by atoms with Crippen LogP contribution < -0.4 is 10.2 Å². The van der Waals surface area contributed by atoms with Gasteiger partial charge in [0, 0.05) is 44.1 Å². The number of aromatic nitrogens is 2. The minimum Gasteiger partial charge on any atom is -0.344 e. The van der Waals surface area contributed by atoms with Crippen molar-refractivity contribution in [1.82, 2.24) is 15.3 Å². The van der Waals surface area contributed by atoms with Crippen molar-refractivity contribution in [2.24, 2.45) is 5.92 Å². The third-order valence-electron chi connectivity index (χ3n) is 3.49. The molecule has 1 aliphatic carbocycles. The van der Waals surface area contributed by atoms with E-state index in [1.807, 2.05) is 12.4 Å². The Bertz CT molecular complexity index is 359. The highest BCUT2D eigenvalue weighted by molar-refractivity contribution is 5.28. The van der Waals surface area contributed by atoms with Crippen LogP contribution in [0, 0.1) is 5.92 Å². The molecular weight excluding hydrogens is 224 g/mol. The van der Waals surface area contributed by atoms with Crippen LogP contribution in [-0.4, -0.2) is 29.6 Å². The fourth-order valence-electron chi connectivity index (χ4n) is 1.86. The molecule has 1 N–H and O–H groups in total. The summed E-state index contributed by atoms with van der Waals surface area (Å²) in [5.74, 6) is 1.50. The third kappa shape index (κ3) is 3.95. The predicted molar refractivity (Wildman–Crippen MR) is 74.6 cm³/mol. The first kappa shape index (κ1) is 13.3. The highest BCUT2D eigenvalue weighted by Crippen LogP contribution is 2.19. The van der Waals surface area contributed by atoms with Crippen LogP contribution in [-0.2, 0) is 6.54 Å². The number of rotatable bonds is 7. The molecule has 1 unspecified atom stereocenters. The molecule has 4 nitrogen and oxygen atoms in total. The van der Waals surface area contributed by atoms with Gasteiger partial charge in [0.2, 0.25) is 5.95 Å². The van der Waals surface area contributed by atoms with Crippen molar-refractivity contribution in [3.63, 3.8) is 0 Å². The highest BCUT2D eigenvalue weighted by Gasteiger charge is 2.20. The Morgan fingerprint density at radius 2 is 2.06 bits per heavy atom. The predicted octanol–water partition coefficient (Wildman–Crippen LogP) is 2.21. The molecule has 1 heterocycles. The zero-order valence-corrected chi connectivity index (χ0v) is 11.7. The van der Waals surface area contributed by atoms with Gasteiger partial charge in [0.1, 0.15) is 0 Å². The molecule has 0 amide bonds. The Morgan fingerprint density at radius 1 is 1.39 bits per heavy atom. The maximum Gasteiger partial charge on any atom is 0.225 e. The van der Waals surface area contributed by atoms with Crippen LogP contribution in [0.15, 0.2) is 12.4 Å². The van der Waals surface area contributed by atoms with Gasteiger partial charge >= 0.3 is 0 Å². The Morgan fingerprint density at radius 3 is 2.61 bits per heavy atom. The first-order valence-corrected chi connectivity index (χ1v) is 6.94. The van der Waals surface area contributed by atoms with Crippen molar-refractivity contribution in [2.45, 2.75) is 45.7 Å². The number of hydrogen-bond donors (Lipinski definition) is 1. The van der Waals surface area contributed by atoms with Gasteiger partial charge in [0.15, 0.2) is 0 Å². The number of anilines is 1. The lowest BCUT2D eigenvalue weighted by Crippen LogP contribution is -2.25. The minimum atomic E-state index is 0.676. The number of hydrogen-bond acceptors (Lipinski definition) is 4. The van der Waals surface area contributed by atoms with E-state index in [1.54, 1.807) is 0 Å². The van der Waals surface area contributed by atoms with Crippen LogP contribution in [0.3, 0.4) is 0 Å². The summed E-state index contributed by atoms with van der Waals surface area (Å²) in [6, 6.07) is 0.734. The molecule has 1 atom stereocenters. The zero-order valence-electron chi connectivity index (χ0n) is 11.7. The fourth-order valence-corrected chi connectivity index (χ4v) is 1.86. The fraction of sp³-hybridized carbons (Fsp3) is 0.714. The molecule has 2 rings (SSSR count). The molecule has 18 heavy (non-hydrogen) atoms. The largest absolute Gasteiger partial charge is 0.344 e. The molecular formula is C14H24N4. The average Bonchev–Trinajstić information content (AvgIpc) is 3.20. The summed E-state index contributed by atoms with van der Waals surface area (Å²) in [7, 11) is 2.06. The van der Waals surface area contributed by atoms with E-state index >= 15 is 0 Å². The zero-order chi connectivity index (χ0) is 13.0. The summed E-state index contributed by atoms with van der Waals surface area (Å²) >= 11 is 0. The molecule has 0 aromatic carbocycles. The summed E-state index contributed by atoms with van der Waals surface area (Å²) in [5.41, 5.74) is 1.17. The Kier molecular flexibility index (Phi) is 4.53. The van der Waals surface area contributed by atoms with E-state index in [1.165, 1.54) is 24.8 Å². The van der Waals surface area contributed by atoms with Gasteiger partial charge in [-0.1, -0.05) is 20.3 Å². The second kappa shape index (κ2) is 6.14. The molecule has 1 aromatic rings. The normalized spacial score (nSPS) is 16.6. The Hall–Kier alpha value is -1.16. The van der Waals surface area contributed by atoms with Crippen molar-refractivity contribution in [3.05, 3.63) is 18.0 Å². The maximum atomic E-state index is 4.44. The second-order valence-electron chi connectivity index (χ2n) is 5.44. The first-order chi connectivity index (χ1) is 8.69. The lowest BCUT2D eigenvalue weighted by molar-refractivity contribution is 0.555. The van der Waals surface area contributed by atoms with Crippen LogP contribution in [0.2, 0.25) is 0 Å². The molecule has 0 bridgehead atoms. The second-order valence-corrected chi connectivity index (χ2v) is 5.44. The first-order valence-electron chi connectivity index (χ1n) is 6.94. The average molecular weight is 248 g/mol. The topological polar surface area (TPSA) is 41.1 Å². The smallest absolute Gasteiger partial charge is 0.225 e. The monoisotopic (exact) mass is 248 g/mol. The van der Waals surface area contributed by atoms with Gasteiger partial charge in [-0.15, -0.1) is 0 Å². The summed E-state index contributed by atoms with van der Waals surface area (Å²) in [6.07, 6.45) is 7.69.